The topological polar surface area (TPSA) is 37.3 Å². The number of fused-ring (bicyclic) bond motifs is 3. The van der Waals surface area contributed by atoms with Crippen LogP contribution < -0.4 is 0 Å². The first-order chi connectivity index (χ1) is 8.98. The number of carboxylic acids is 1. The number of aliphatic carboxylic acids is 1. The molecule has 1 aromatic rings. The smallest absolute Gasteiger partial charge is 0.309 e. The van der Waals surface area contributed by atoms with Crippen LogP contribution in [0.2, 0.25) is 0 Å². The maximum atomic E-state index is 11.8. The summed E-state index contributed by atoms with van der Waals surface area (Å²) >= 11 is 0. The highest BCUT2D eigenvalue weighted by Crippen LogP contribution is 2.57. The average molecular weight is 258 g/mol. The Morgan fingerprint density at radius 2 is 2.00 bits per heavy atom. The molecule has 0 aliphatic heterocycles. The molecule has 2 aliphatic rings. The maximum Gasteiger partial charge on any atom is 0.309 e. The summed E-state index contributed by atoms with van der Waals surface area (Å²) < 4.78 is 0. The molecule has 0 saturated heterocycles. The fourth-order valence-corrected chi connectivity index (χ4v) is 4.69. The molecule has 0 radical (unpaired) electrons. The van der Waals surface area contributed by atoms with Gasteiger partial charge in [0.25, 0.3) is 0 Å². The molecule has 2 aliphatic carbocycles. The first-order valence-corrected chi connectivity index (χ1v) is 7.30. The number of rotatable bonds is 1. The molecule has 0 aromatic heterocycles. The van der Waals surface area contributed by atoms with Gasteiger partial charge in [-0.2, -0.15) is 0 Å². The van der Waals surface area contributed by atoms with Gasteiger partial charge in [-0.05, 0) is 55.1 Å². The standard InChI is InChI=1S/C17H22O2/c1-16-10-5-11-17(2,15(18)19)14(16)9-8-12-6-3-4-7-13(12)16/h3-4,6-7,14H,5,8-11H2,1-2H3,(H,18,19)/t14-,16-,17+/m1/s1. The van der Waals surface area contributed by atoms with E-state index >= 15 is 0 Å². The van der Waals surface area contributed by atoms with E-state index in [1.54, 1.807) is 0 Å². The van der Waals surface area contributed by atoms with E-state index in [4.69, 9.17) is 0 Å². The van der Waals surface area contributed by atoms with E-state index in [0.717, 1.165) is 32.1 Å². The van der Waals surface area contributed by atoms with Crippen molar-refractivity contribution < 1.29 is 9.90 Å². The van der Waals surface area contributed by atoms with Crippen molar-refractivity contribution in [3.63, 3.8) is 0 Å². The summed E-state index contributed by atoms with van der Waals surface area (Å²) in [5.41, 5.74) is 2.31. The molecule has 2 nitrogen and oxygen atoms in total. The lowest BCUT2D eigenvalue weighted by Gasteiger charge is -2.53. The molecule has 0 amide bonds. The Labute approximate surface area is 114 Å². The summed E-state index contributed by atoms with van der Waals surface area (Å²) in [4.78, 5) is 11.8. The number of benzene rings is 1. The normalized spacial score (nSPS) is 37.3. The van der Waals surface area contributed by atoms with Crippen LogP contribution in [0.4, 0.5) is 0 Å². The van der Waals surface area contributed by atoms with Crippen LogP contribution in [0, 0.1) is 11.3 Å². The van der Waals surface area contributed by atoms with Crippen molar-refractivity contribution in [2.24, 2.45) is 11.3 Å². The molecule has 1 N–H and O–H groups in total. The Morgan fingerprint density at radius 3 is 2.74 bits per heavy atom. The highest BCUT2D eigenvalue weighted by atomic mass is 16.4. The molecule has 1 saturated carbocycles. The summed E-state index contributed by atoms with van der Waals surface area (Å²) in [7, 11) is 0. The highest BCUT2D eigenvalue weighted by Gasteiger charge is 2.54. The summed E-state index contributed by atoms with van der Waals surface area (Å²) in [6.45, 7) is 4.25. The van der Waals surface area contributed by atoms with Gasteiger partial charge in [-0.15, -0.1) is 0 Å². The van der Waals surface area contributed by atoms with Crippen molar-refractivity contribution in [2.75, 3.05) is 0 Å². The van der Waals surface area contributed by atoms with Gasteiger partial charge in [0.15, 0.2) is 0 Å². The number of carboxylic acid groups (broad SMARTS) is 1. The predicted octanol–water partition coefficient (Wildman–Crippen LogP) is 3.78. The minimum atomic E-state index is -0.609. The van der Waals surface area contributed by atoms with Gasteiger partial charge < -0.3 is 5.11 Å². The van der Waals surface area contributed by atoms with Gasteiger partial charge in [0.1, 0.15) is 0 Å². The second-order valence-electron chi connectivity index (χ2n) is 6.74. The summed E-state index contributed by atoms with van der Waals surface area (Å²) in [6, 6.07) is 8.62. The zero-order valence-electron chi connectivity index (χ0n) is 11.8. The van der Waals surface area contributed by atoms with Crippen molar-refractivity contribution in [1.82, 2.24) is 0 Å². The van der Waals surface area contributed by atoms with Crippen molar-refractivity contribution in [3.8, 4) is 0 Å². The summed E-state index contributed by atoms with van der Waals surface area (Å²) in [6.07, 6.45) is 5.00. The van der Waals surface area contributed by atoms with Gasteiger partial charge >= 0.3 is 5.97 Å². The fraction of sp³-hybridized carbons (Fsp3) is 0.588. The first kappa shape index (κ1) is 12.7. The Hall–Kier alpha value is -1.31. The lowest BCUT2D eigenvalue weighted by molar-refractivity contribution is -0.157. The Kier molecular flexibility index (Phi) is 2.74. The first-order valence-electron chi connectivity index (χ1n) is 7.30. The maximum absolute atomic E-state index is 11.8. The molecule has 3 atom stereocenters. The van der Waals surface area contributed by atoms with E-state index < -0.39 is 11.4 Å². The van der Waals surface area contributed by atoms with Gasteiger partial charge in [0.2, 0.25) is 0 Å². The second-order valence-corrected chi connectivity index (χ2v) is 6.74. The summed E-state index contributed by atoms with van der Waals surface area (Å²) in [5.74, 6) is -0.344. The molecule has 0 heterocycles. The number of aryl methyl sites for hydroxylation is 1. The third-order valence-corrected chi connectivity index (χ3v) is 5.75. The van der Waals surface area contributed by atoms with Crippen LogP contribution in [0.5, 0.6) is 0 Å². The average Bonchev–Trinajstić information content (AvgIpc) is 2.38. The number of carbonyl (C=O) groups is 1. The zero-order valence-corrected chi connectivity index (χ0v) is 11.8. The molecule has 0 unspecified atom stereocenters. The van der Waals surface area contributed by atoms with Crippen molar-refractivity contribution >= 4 is 5.97 Å². The van der Waals surface area contributed by atoms with Gasteiger partial charge in [0, 0.05) is 0 Å². The molecule has 19 heavy (non-hydrogen) atoms. The Bertz CT molecular complexity index is 522. The lowest BCUT2D eigenvalue weighted by Crippen LogP contribution is -2.52. The van der Waals surface area contributed by atoms with Gasteiger partial charge in [-0.25, -0.2) is 0 Å². The van der Waals surface area contributed by atoms with Crippen LogP contribution >= 0.6 is 0 Å². The van der Waals surface area contributed by atoms with E-state index in [1.807, 2.05) is 6.92 Å². The summed E-state index contributed by atoms with van der Waals surface area (Å²) in [5, 5.41) is 9.70. The van der Waals surface area contributed by atoms with E-state index in [2.05, 4.69) is 31.2 Å². The minimum Gasteiger partial charge on any atom is -0.481 e. The van der Waals surface area contributed by atoms with Gasteiger partial charge in [-0.3, -0.25) is 4.79 Å². The van der Waals surface area contributed by atoms with Crippen LogP contribution in [-0.2, 0) is 16.6 Å². The fourth-order valence-electron chi connectivity index (χ4n) is 4.69. The van der Waals surface area contributed by atoms with Crippen LogP contribution in [0.25, 0.3) is 0 Å². The van der Waals surface area contributed by atoms with Crippen molar-refractivity contribution in [1.29, 1.82) is 0 Å². The number of hydrogen-bond donors (Lipinski definition) is 1. The molecular weight excluding hydrogens is 236 g/mol. The number of hydrogen-bond acceptors (Lipinski definition) is 1. The Balaban J connectivity index is 2.12. The Morgan fingerprint density at radius 1 is 1.26 bits per heavy atom. The van der Waals surface area contributed by atoms with E-state index in [-0.39, 0.29) is 11.3 Å². The molecule has 102 valence electrons. The van der Waals surface area contributed by atoms with Crippen LogP contribution in [0.3, 0.4) is 0 Å². The van der Waals surface area contributed by atoms with Crippen LogP contribution in [-0.4, -0.2) is 11.1 Å². The van der Waals surface area contributed by atoms with Crippen LogP contribution in [0.1, 0.15) is 50.7 Å². The third kappa shape index (κ3) is 1.65. The van der Waals surface area contributed by atoms with Gasteiger partial charge in [0.05, 0.1) is 5.41 Å². The van der Waals surface area contributed by atoms with E-state index in [0.29, 0.717) is 0 Å². The quantitative estimate of drug-likeness (QED) is 0.832. The second kappa shape index (κ2) is 4.09. The molecular formula is C17H22O2. The molecule has 1 aromatic carbocycles. The SMILES string of the molecule is C[C@]1(C(=O)O)CCC[C@]2(C)c3ccccc3CC[C@@H]12. The molecule has 3 rings (SSSR count). The molecule has 2 heteroatoms. The third-order valence-electron chi connectivity index (χ3n) is 5.75. The highest BCUT2D eigenvalue weighted by molar-refractivity contribution is 5.75. The monoisotopic (exact) mass is 258 g/mol. The van der Waals surface area contributed by atoms with E-state index in [9.17, 15) is 9.90 Å². The van der Waals surface area contributed by atoms with Gasteiger partial charge in [-0.1, -0.05) is 37.6 Å². The van der Waals surface area contributed by atoms with Crippen molar-refractivity contribution in [3.05, 3.63) is 35.4 Å². The zero-order chi connectivity index (χ0) is 13.7. The predicted molar refractivity (Wildman–Crippen MR) is 75.2 cm³/mol. The minimum absolute atomic E-state index is 0.0419. The lowest BCUT2D eigenvalue weighted by atomic mass is 9.50. The largest absolute Gasteiger partial charge is 0.481 e. The van der Waals surface area contributed by atoms with Crippen LogP contribution in [0.15, 0.2) is 24.3 Å². The molecule has 0 spiro atoms. The van der Waals surface area contributed by atoms with E-state index in [1.165, 1.54) is 11.1 Å². The van der Waals surface area contributed by atoms with Crippen molar-refractivity contribution in [2.45, 2.75) is 51.4 Å². The molecule has 0 bridgehead atoms. The molecule has 1 fully saturated rings.